The molecule has 0 aliphatic rings. The molecule has 3 atom stereocenters. The molecule has 0 radical (unpaired) electrons. The summed E-state index contributed by atoms with van der Waals surface area (Å²) in [4.78, 5) is 10.7. The molecule has 0 spiro atoms. The summed E-state index contributed by atoms with van der Waals surface area (Å²) in [5.41, 5.74) is 12.0. The number of phenols is 2. The second-order valence-electron chi connectivity index (χ2n) is 17.2. The Kier molecular flexibility index (Phi) is 27.9. The summed E-state index contributed by atoms with van der Waals surface area (Å²) < 4.78 is 0. The van der Waals surface area contributed by atoms with Gasteiger partial charge in [0.1, 0.15) is 12.2 Å². The van der Waals surface area contributed by atoms with E-state index in [9.17, 15) is 25.5 Å². The zero-order chi connectivity index (χ0) is 46.1. The van der Waals surface area contributed by atoms with Gasteiger partial charge in [0.2, 0.25) is 0 Å². The quantitative estimate of drug-likeness (QED) is 0.0152. The van der Waals surface area contributed by atoms with Gasteiger partial charge in [-0.1, -0.05) is 131 Å². The minimum Gasteiger partial charge on any atom is -0.504 e. The first-order valence-corrected chi connectivity index (χ1v) is 24.5. The van der Waals surface area contributed by atoms with Crippen molar-refractivity contribution in [2.24, 2.45) is 9.98 Å². The van der Waals surface area contributed by atoms with E-state index in [-0.39, 0.29) is 38.3 Å². The van der Waals surface area contributed by atoms with Crippen LogP contribution in [-0.2, 0) is 58.9 Å². The number of phenolic OH excluding ortho intramolecular Hbond substituents is 2. The van der Waals surface area contributed by atoms with Crippen LogP contribution in [0, 0.1) is 0 Å². The van der Waals surface area contributed by atoms with Crippen LogP contribution < -0.4 is 0 Å². The van der Waals surface area contributed by atoms with E-state index in [0.29, 0.717) is 10.9 Å². The summed E-state index contributed by atoms with van der Waals surface area (Å²) in [6.07, 6.45) is 17.8. The van der Waals surface area contributed by atoms with Crippen LogP contribution in [0.3, 0.4) is 0 Å². The van der Waals surface area contributed by atoms with E-state index < -0.39 is 24.9 Å². The number of aliphatic imine (C=N–C) groups is 2. The fourth-order valence-corrected chi connectivity index (χ4v) is 8.31. The molecule has 8 nitrogen and oxygen atoms in total. The number of aryl methyl sites for hydroxylation is 5. The third-order valence-corrected chi connectivity index (χ3v) is 12.3. The number of aromatic hydroxyl groups is 2. The van der Waals surface area contributed by atoms with Crippen molar-refractivity contribution in [3.63, 3.8) is 0 Å². The van der Waals surface area contributed by atoms with E-state index in [1.54, 1.807) is 0 Å². The fraction of sp³-hybridized carbons (Fsp3) is 0.564. The van der Waals surface area contributed by atoms with Gasteiger partial charge >= 0.3 is 0 Å². The molecule has 6 N–H and O–H groups in total. The second-order valence-corrected chi connectivity index (χ2v) is 17.2. The van der Waals surface area contributed by atoms with Crippen LogP contribution >= 0.6 is 0 Å². The molecular formula is C55H82N2O6Pd. The second kappa shape index (κ2) is 31.5. The van der Waals surface area contributed by atoms with Crippen molar-refractivity contribution in [3.05, 3.63) is 94.0 Å². The van der Waals surface area contributed by atoms with E-state index >= 15 is 0 Å². The van der Waals surface area contributed by atoms with E-state index in [1.807, 2.05) is 12.1 Å². The zero-order valence-electron chi connectivity index (χ0n) is 40.2. The molecular weight excluding hydrogens is 891 g/mol. The van der Waals surface area contributed by atoms with Crippen molar-refractivity contribution in [2.75, 3.05) is 6.61 Å². The van der Waals surface area contributed by atoms with E-state index in [2.05, 4.69) is 84.9 Å². The van der Waals surface area contributed by atoms with Crippen molar-refractivity contribution in [1.29, 1.82) is 0 Å². The number of hydrogen-bond acceptors (Lipinski definition) is 8. The summed E-state index contributed by atoms with van der Waals surface area (Å²) in [5, 5.41) is 59.5. The van der Waals surface area contributed by atoms with Gasteiger partial charge in [0.05, 0.1) is 35.5 Å². The molecule has 3 unspecified atom stereocenters. The molecule has 0 aliphatic carbocycles. The van der Waals surface area contributed by atoms with E-state index in [4.69, 9.17) is 15.1 Å². The molecule has 4 rings (SSSR count). The van der Waals surface area contributed by atoms with Gasteiger partial charge in [-0.2, -0.15) is 0 Å². The predicted molar refractivity (Wildman–Crippen MR) is 266 cm³/mol. The van der Waals surface area contributed by atoms with Gasteiger partial charge in [0.15, 0.2) is 11.5 Å². The van der Waals surface area contributed by atoms with Crippen molar-refractivity contribution in [3.8, 4) is 11.5 Å². The predicted octanol–water partition coefficient (Wildman–Crippen LogP) is 12.7. The summed E-state index contributed by atoms with van der Waals surface area (Å²) in [6.45, 7) is 15.0. The largest absolute Gasteiger partial charge is 0.504 e. The third-order valence-electron chi connectivity index (χ3n) is 12.3. The Labute approximate surface area is 400 Å². The van der Waals surface area contributed by atoms with Crippen molar-refractivity contribution >= 4 is 33.6 Å². The maximum absolute atomic E-state index is 10.1. The molecule has 0 fully saturated rings. The van der Waals surface area contributed by atoms with Gasteiger partial charge in [-0.3, -0.25) is 9.98 Å². The number of fused-ring (bicyclic) bond motifs is 1. The van der Waals surface area contributed by atoms with Gasteiger partial charge in [-0.25, -0.2) is 0 Å². The Morgan fingerprint density at radius 1 is 0.469 bits per heavy atom. The molecule has 0 aromatic heterocycles. The Bertz CT molecular complexity index is 2010. The van der Waals surface area contributed by atoms with Gasteiger partial charge in [0.25, 0.3) is 0 Å². The maximum Gasteiger partial charge on any atom is 0.158 e. The van der Waals surface area contributed by atoms with Crippen molar-refractivity contribution in [2.45, 2.75) is 195 Å². The summed E-state index contributed by atoms with van der Waals surface area (Å²) in [5.74, 6) is -0.467. The van der Waals surface area contributed by atoms with Crippen LogP contribution in [0.4, 0.5) is 11.4 Å². The summed E-state index contributed by atoms with van der Waals surface area (Å²) in [6, 6.07) is 20.3. The van der Waals surface area contributed by atoms with Crippen LogP contribution in [-0.4, -0.2) is 67.0 Å². The molecule has 4 aromatic rings. The molecule has 0 saturated carbocycles. The van der Waals surface area contributed by atoms with Gasteiger partial charge in [-0.05, 0) is 145 Å². The number of rotatable bonds is 27. The minimum atomic E-state index is -1.48. The Morgan fingerprint density at radius 3 is 1.33 bits per heavy atom. The molecule has 0 bridgehead atoms. The number of aliphatic hydroxyl groups is 4. The fourth-order valence-electron chi connectivity index (χ4n) is 8.31. The van der Waals surface area contributed by atoms with Crippen LogP contribution in [0.1, 0.15) is 172 Å². The number of nitrogens with zero attached hydrogens (tertiary/aromatic N) is 2. The average molecular weight is 974 g/mol. The number of aliphatic hydroxyl groups excluding tert-OH is 4. The number of benzene rings is 4. The Balaban J connectivity index is 0.000000469. The zero-order valence-corrected chi connectivity index (χ0v) is 41.8. The maximum atomic E-state index is 10.1. The SMILES string of the molecule is CCCCCCCCC(=Nc1ccc(CC)c(CC)c1)C(CCCCCC)=Nc1ccc(CC)c(CC)c1.CCCCc1ccc(CC(O)C(O)C(O)CO)c2cc(O)c(O)cc12.[Pd]. The first-order valence-electron chi connectivity index (χ1n) is 24.5. The molecule has 9 heteroatoms. The number of hydrogen-bond donors (Lipinski definition) is 6. The molecule has 358 valence electrons. The minimum absolute atomic E-state index is 0. The standard InChI is InChI=1S/C36H56N2.C19H26O6.Pd/c1-7-13-15-17-18-20-22-36(38-34-26-24-30(10-4)32(12-6)28-34)35(21-19-16-14-8-2)37-33-25-23-29(9-3)31(11-5)27-33;1-2-3-4-11-5-6-12(7-17(23)19(25)18(24)10-20)14-9-16(22)15(21)8-13(11)14;/h23-28H,7-22H2,1-6H3;5-6,8-9,17-25H,2-4,7,10H2,1H3;. The monoisotopic (exact) mass is 973 g/mol. The average Bonchev–Trinajstić information content (AvgIpc) is 3.30. The molecule has 0 heterocycles. The summed E-state index contributed by atoms with van der Waals surface area (Å²) in [7, 11) is 0. The Hall–Kier alpha value is -3.42. The third kappa shape index (κ3) is 18.1. The van der Waals surface area contributed by atoms with Crippen LogP contribution in [0.2, 0.25) is 0 Å². The Morgan fingerprint density at radius 2 is 0.875 bits per heavy atom. The van der Waals surface area contributed by atoms with Crippen molar-refractivity contribution in [1.82, 2.24) is 0 Å². The molecule has 0 aliphatic heterocycles. The molecule has 0 saturated heterocycles. The van der Waals surface area contributed by atoms with Crippen LogP contribution in [0.5, 0.6) is 11.5 Å². The molecule has 64 heavy (non-hydrogen) atoms. The smallest absolute Gasteiger partial charge is 0.158 e. The first kappa shape index (κ1) is 56.7. The topological polar surface area (TPSA) is 146 Å². The van der Waals surface area contributed by atoms with E-state index in [0.717, 1.165) is 80.1 Å². The van der Waals surface area contributed by atoms with Gasteiger partial charge in [-0.15, -0.1) is 0 Å². The van der Waals surface area contributed by atoms with Crippen molar-refractivity contribution < 1.29 is 51.1 Å². The van der Waals surface area contributed by atoms with Gasteiger partial charge < -0.3 is 30.6 Å². The first-order chi connectivity index (χ1) is 30.5. The van der Waals surface area contributed by atoms with Gasteiger partial charge in [0, 0.05) is 26.8 Å². The van der Waals surface area contributed by atoms with Crippen LogP contribution in [0.25, 0.3) is 10.8 Å². The molecule has 0 amide bonds. The summed E-state index contributed by atoms with van der Waals surface area (Å²) >= 11 is 0. The van der Waals surface area contributed by atoms with E-state index in [1.165, 1.54) is 110 Å². The van der Waals surface area contributed by atoms with Crippen LogP contribution in [0.15, 0.2) is 70.6 Å². The number of unbranched alkanes of at least 4 members (excludes halogenated alkanes) is 9. The normalized spacial score (nSPS) is 13.3. The molecule has 4 aromatic carbocycles.